The summed E-state index contributed by atoms with van der Waals surface area (Å²) in [5, 5.41) is 2.77. The van der Waals surface area contributed by atoms with Crippen LogP contribution in [0.1, 0.15) is 18.9 Å². The number of carbonyl (C=O) groups excluding carboxylic acids is 2. The molecule has 2 N–H and O–H groups in total. The highest BCUT2D eigenvalue weighted by Crippen LogP contribution is 2.20. The van der Waals surface area contributed by atoms with Crippen LogP contribution in [0.2, 0.25) is 0 Å². The Morgan fingerprint density at radius 2 is 1.52 bits per heavy atom. The zero-order valence-corrected chi connectivity index (χ0v) is 22.9. The fourth-order valence-corrected chi connectivity index (χ4v) is 4.68. The van der Waals surface area contributed by atoms with Crippen LogP contribution in [0, 0.1) is 11.6 Å². The van der Waals surface area contributed by atoms with Crippen molar-refractivity contribution in [3.05, 3.63) is 90.0 Å². The van der Waals surface area contributed by atoms with Crippen LogP contribution in [0.5, 0.6) is 5.75 Å². The number of nitrogens with zero attached hydrogens (tertiary/aromatic N) is 1. The maximum Gasteiger partial charge on any atom is 0.261 e. The lowest BCUT2D eigenvalue weighted by atomic mass is 10.1. The minimum absolute atomic E-state index is 0.0430. The van der Waals surface area contributed by atoms with Crippen LogP contribution in [0.15, 0.2) is 77.7 Å². The summed E-state index contributed by atoms with van der Waals surface area (Å²) in [4.78, 5) is 27.1. The van der Waals surface area contributed by atoms with Crippen molar-refractivity contribution in [2.75, 3.05) is 31.6 Å². The van der Waals surface area contributed by atoms with Crippen molar-refractivity contribution in [1.82, 2.24) is 10.2 Å². The van der Waals surface area contributed by atoms with Crippen LogP contribution >= 0.6 is 0 Å². The first-order valence-electron chi connectivity index (χ1n) is 12.4. The molecule has 9 nitrogen and oxygen atoms in total. The van der Waals surface area contributed by atoms with Crippen LogP contribution in [-0.4, -0.2) is 58.0 Å². The van der Waals surface area contributed by atoms with Gasteiger partial charge in [0.05, 0.1) is 4.90 Å². The predicted molar refractivity (Wildman–Crippen MR) is 145 cm³/mol. The summed E-state index contributed by atoms with van der Waals surface area (Å²) in [5.41, 5.74) is 0.822. The lowest BCUT2D eigenvalue weighted by Crippen LogP contribution is -2.49. The molecular weight excluding hydrogens is 544 g/mol. The third-order valence-electron chi connectivity index (χ3n) is 5.85. The Balaban J connectivity index is 1.66. The van der Waals surface area contributed by atoms with E-state index in [1.807, 2.05) is 0 Å². The third-order valence-corrected chi connectivity index (χ3v) is 7.25. The lowest BCUT2D eigenvalue weighted by Gasteiger charge is -2.28. The van der Waals surface area contributed by atoms with Crippen molar-refractivity contribution in [2.45, 2.75) is 30.8 Å². The number of hydrogen-bond acceptors (Lipinski definition) is 6. The van der Waals surface area contributed by atoms with Crippen molar-refractivity contribution in [3.8, 4) is 5.75 Å². The molecule has 3 aromatic rings. The van der Waals surface area contributed by atoms with Crippen LogP contribution in [-0.2, 0) is 30.9 Å². The van der Waals surface area contributed by atoms with Gasteiger partial charge in [-0.2, -0.15) is 0 Å². The van der Waals surface area contributed by atoms with E-state index in [1.165, 1.54) is 65.6 Å². The molecule has 0 saturated heterocycles. The molecule has 0 heterocycles. The second kappa shape index (κ2) is 14.4. The fourth-order valence-electron chi connectivity index (χ4n) is 3.62. The molecule has 0 fully saturated rings. The van der Waals surface area contributed by atoms with Gasteiger partial charge in [0.1, 0.15) is 23.4 Å². The first kappa shape index (κ1) is 30.5. The standard InChI is InChI=1S/C28H31F2N3O6S/c1-20(28(35)31-16-3-17-38-2)33(18-21-4-6-22(29)7-5-21)27(34)19-39-25-12-14-26(15-13-25)40(36,37)32-24-10-8-23(30)9-11-24/h4-15,20,32H,3,16-19H2,1-2H3,(H,31,35)/t20-/m0/s1. The van der Waals surface area contributed by atoms with Crippen molar-refractivity contribution >= 4 is 27.5 Å². The molecule has 0 saturated carbocycles. The number of carbonyl (C=O) groups is 2. The predicted octanol–water partition coefficient (Wildman–Crippen LogP) is 3.71. The molecule has 40 heavy (non-hydrogen) atoms. The van der Waals surface area contributed by atoms with Gasteiger partial charge >= 0.3 is 0 Å². The number of benzene rings is 3. The summed E-state index contributed by atoms with van der Waals surface area (Å²) in [6, 6.07) is 15.0. The summed E-state index contributed by atoms with van der Waals surface area (Å²) >= 11 is 0. The van der Waals surface area contributed by atoms with Gasteiger partial charge < -0.3 is 19.7 Å². The van der Waals surface area contributed by atoms with Gasteiger partial charge in [0.2, 0.25) is 5.91 Å². The van der Waals surface area contributed by atoms with E-state index in [0.29, 0.717) is 25.1 Å². The van der Waals surface area contributed by atoms with E-state index >= 15 is 0 Å². The highest BCUT2D eigenvalue weighted by Gasteiger charge is 2.26. The third kappa shape index (κ3) is 9.02. The van der Waals surface area contributed by atoms with E-state index in [9.17, 15) is 26.8 Å². The Bertz CT molecular complexity index is 1370. The first-order chi connectivity index (χ1) is 19.1. The van der Waals surface area contributed by atoms with Crippen LogP contribution in [0.3, 0.4) is 0 Å². The van der Waals surface area contributed by atoms with Crippen LogP contribution in [0.4, 0.5) is 14.5 Å². The zero-order valence-electron chi connectivity index (χ0n) is 22.1. The first-order valence-corrected chi connectivity index (χ1v) is 13.9. The number of rotatable bonds is 14. The average Bonchev–Trinajstić information content (AvgIpc) is 2.94. The summed E-state index contributed by atoms with van der Waals surface area (Å²) < 4.78 is 64.6. The Kier molecular flexibility index (Phi) is 11.0. The van der Waals surface area contributed by atoms with E-state index in [0.717, 1.165) is 12.1 Å². The Hall–Kier alpha value is -4.03. The summed E-state index contributed by atoms with van der Waals surface area (Å²) in [5.74, 6) is -1.56. The highest BCUT2D eigenvalue weighted by molar-refractivity contribution is 7.92. The number of nitrogens with one attached hydrogen (secondary N) is 2. The number of ether oxygens (including phenoxy) is 2. The average molecular weight is 576 g/mol. The summed E-state index contributed by atoms with van der Waals surface area (Å²) in [7, 11) is -2.38. The Morgan fingerprint density at radius 1 is 0.925 bits per heavy atom. The molecule has 214 valence electrons. The molecule has 2 amide bonds. The maximum atomic E-state index is 13.4. The molecule has 0 radical (unpaired) electrons. The zero-order chi connectivity index (χ0) is 29.1. The van der Waals surface area contributed by atoms with Gasteiger partial charge in [-0.3, -0.25) is 14.3 Å². The van der Waals surface area contributed by atoms with Crippen molar-refractivity contribution in [1.29, 1.82) is 0 Å². The second-order valence-corrected chi connectivity index (χ2v) is 10.5. The van der Waals surface area contributed by atoms with E-state index < -0.39 is 40.2 Å². The number of methoxy groups -OCH3 is 1. The topological polar surface area (TPSA) is 114 Å². The number of amides is 2. The van der Waals surface area contributed by atoms with Gasteiger partial charge in [-0.05, 0) is 79.6 Å². The van der Waals surface area contributed by atoms with E-state index in [-0.39, 0.29) is 28.8 Å². The van der Waals surface area contributed by atoms with Crippen molar-refractivity contribution in [3.63, 3.8) is 0 Å². The van der Waals surface area contributed by atoms with Gasteiger partial charge in [-0.1, -0.05) is 12.1 Å². The van der Waals surface area contributed by atoms with Crippen LogP contribution < -0.4 is 14.8 Å². The number of anilines is 1. The summed E-state index contributed by atoms with van der Waals surface area (Å²) in [6.45, 7) is 2.05. The molecule has 0 aliphatic carbocycles. The molecular formula is C28H31F2N3O6S. The van der Waals surface area contributed by atoms with E-state index in [2.05, 4.69) is 10.0 Å². The minimum Gasteiger partial charge on any atom is -0.484 e. The molecule has 0 bridgehead atoms. The molecule has 3 aromatic carbocycles. The minimum atomic E-state index is -3.94. The van der Waals surface area contributed by atoms with Gasteiger partial charge in [0.25, 0.3) is 15.9 Å². The lowest BCUT2D eigenvalue weighted by molar-refractivity contribution is -0.142. The number of sulfonamides is 1. The van der Waals surface area contributed by atoms with Crippen molar-refractivity contribution < 1.29 is 36.3 Å². The monoisotopic (exact) mass is 575 g/mol. The van der Waals surface area contributed by atoms with E-state index in [1.54, 1.807) is 14.0 Å². The molecule has 0 aliphatic heterocycles. The van der Waals surface area contributed by atoms with E-state index in [4.69, 9.17) is 9.47 Å². The second-order valence-electron chi connectivity index (χ2n) is 8.83. The molecule has 3 rings (SSSR count). The Morgan fingerprint density at radius 3 is 2.12 bits per heavy atom. The molecule has 0 aromatic heterocycles. The van der Waals surface area contributed by atoms with Gasteiger partial charge in [-0.15, -0.1) is 0 Å². The Labute approximate surface area is 232 Å². The molecule has 12 heteroatoms. The molecule has 0 aliphatic rings. The van der Waals surface area contributed by atoms with Gasteiger partial charge in [-0.25, -0.2) is 17.2 Å². The molecule has 0 unspecified atom stereocenters. The fraction of sp³-hybridized carbons (Fsp3) is 0.286. The molecule has 1 atom stereocenters. The quantitative estimate of drug-likeness (QED) is 0.284. The van der Waals surface area contributed by atoms with Gasteiger partial charge in [0, 0.05) is 32.5 Å². The van der Waals surface area contributed by atoms with Crippen molar-refractivity contribution in [2.24, 2.45) is 0 Å². The molecule has 0 spiro atoms. The number of hydrogen-bond donors (Lipinski definition) is 2. The smallest absolute Gasteiger partial charge is 0.261 e. The SMILES string of the molecule is COCCCNC(=O)[C@H](C)N(Cc1ccc(F)cc1)C(=O)COc1ccc(S(=O)(=O)Nc2ccc(F)cc2)cc1. The maximum absolute atomic E-state index is 13.4. The summed E-state index contributed by atoms with van der Waals surface area (Å²) in [6.07, 6.45) is 0.606. The number of halogens is 2. The normalized spacial score (nSPS) is 11.9. The highest BCUT2D eigenvalue weighted by atomic mass is 32.2. The largest absolute Gasteiger partial charge is 0.484 e. The van der Waals surface area contributed by atoms with Gasteiger partial charge in [0.15, 0.2) is 6.61 Å². The van der Waals surface area contributed by atoms with Crippen LogP contribution in [0.25, 0.3) is 0 Å².